The Morgan fingerprint density at radius 3 is 2.76 bits per heavy atom. The van der Waals surface area contributed by atoms with Crippen molar-refractivity contribution in [3.8, 4) is 0 Å². The average Bonchev–Trinajstić information content (AvgIpc) is 2.87. The molecule has 0 aliphatic rings. The molecular weight excluding hydrogens is 282 g/mol. The van der Waals surface area contributed by atoms with Crippen molar-refractivity contribution in [1.29, 1.82) is 0 Å². The molecule has 0 aliphatic carbocycles. The molecule has 10 nitrogen and oxygen atoms in total. The number of nitrogens with zero attached hydrogens (tertiary/aromatic N) is 4. The fourth-order valence-electron chi connectivity index (χ4n) is 1.39. The second-order valence-electron chi connectivity index (χ2n) is 4.07. The lowest BCUT2D eigenvalue weighted by molar-refractivity contribution is -0.143. The van der Waals surface area contributed by atoms with Gasteiger partial charge in [-0.3, -0.25) is 4.79 Å². The van der Waals surface area contributed by atoms with Gasteiger partial charge in [-0.1, -0.05) is 5.21 Å². The van der Waals surface area contributed by atoms with Gasteiger partial charge in [-0.15, -0.1) is 5.10 Å². The number of likely N-dealkylation sites (N-methyl/N-ethyl adjacent to an activating group) is 1. The van der Waals surface area contributed by atoms with E-state index in [1.54, 1.807) is 6.92 Å². The van der Waals surface area contributed by atoms with Crippen molar-refractivity contribution in [3.05, 3.63) is 11.9 Å². The molecule has 0 bridgehead atoms. The Labute approximate surface area is 120 Å². The van der Waals surface area contributed by atoms with Gasteiger partial charge in [0.05, 0.1) is 19.3 Å². The number of urea groups is 1. The van der Waals surface area contributed by atoms with Crippen LogP contribution in [-0.2, 0) is 16.1 Å². The largest absolute Gasteiger partial charge is 0.476 e. The highest BCUT2D eigenvalue weighted by Crippen LogP contribution is 1.92. The Hall–Kier alpha value is -2.65. The monoisotopic (exact) mass is 299 g/mol. The smallest absolute Gasteiger partial charge is 0.358 e. The number of aromatic carboxylic acids is 1. The van der Waals surface area contributed by atoms with E-state index >= 15 is 0 Å². The first kappa shape index (κ1) is 16.4. The van der Waals surface area contributed by atoms with Crippen LogP contribution in [0.2, 0.25) is 0 Å². The third-order valence-electron chi connectivity index (χ3n) is 2.39. The molecule has 1 aromatic heterocycles. The second kappa shape index (κ2) is 7.82. The van der Waals surface area contributed by atoms with Crippen molar-refractivity contribution < 1.29 is 24.2 Å². The van der Waals surface area contributed by atoms with E-state index in [0.717, 1.165) is 0 Å². The van der Waals surface area contributed by atoms with E-state index in [2.05, 4.69) is 15.6 Å². The lowest BCUT2D eigenvalue weighted by Gasteiger charge is -2.16. The normalized spacial score (nSPS) is 10.0. The Balaban J connectivity index is 2.32. The summed E-state index contributed by atoms with van der Waals surface area (Å²) < 4.78 is 6.02. The molecule has 0 fully saturated rings. The zero-order chi connectivity index (χ0) is 15.8. The van der Waals surface area contributed by atoms with Crippen LogP contribution in [0.4, 0.5) is 4.79 Å². The molecule has 2 amide bonds. The molecule has 10 heteroatoms. The highest BCUT2D eigenvalue weighted by atomic mass is 16.5. The molecule has 1 rings (SSSR count). The first-order chi connectivity index (χ1) is 9.93. The molecule has 21 heavy (non-hydrogen) atoms. The lowest BCUT2D eigenvalue weighted by Crippen LogP contribution is -2.41. The van der Waals surface area contributed by atoms with Crippen molar-refractivity contribution in [3.63, 3.8) is 0 Å². The third-order valence-corrected chi connectivity index (χ3v) is 2.39. The van der Waals surface area contributed by atoms with E-state index in [4.69, 9.17) is 9.84 Å². The number of amides is 2. The number of carboxylic acid groups (broad SMARTS) is 1. The zero-order valence-corrected chi connectivity index (χ0v) is 11.8. The number of nitrogens with one attached hydrogen (secondary N) is 1. The van der Waals surface area contributed by atoms with Gasteiger partial charge in [0.2, 0.25) is 0 Å². The van der Waals surface area contributed by atoms with E-state index in [9.17, 15) is 14.4 Å². The summed E-state index contributed by atoms with van der Waals surface area (Å²) in [5.74, 6) is -1.66. The summed E-state index contributed by atoms with van der Waals surface area (Å²) in [6.07, 6.45) is 1.26. The fraction of sp³-hybridized carbons (Fsp3) is 0.545. The molecule has 0 saturated carbocycles. The minimum Gasteiger partial charge on any atom is -0.476 e. The molecule has 1 heterocycles. The van der Waals surface area contributed by atoms with Gasteiger partial charge in [0, 0.05) is 13.6 Å². The molecule has 0 aliphatic heterocycles. The summed E-state index contributed by atoms with van der Waals surface area (Å²) in [5, 5.41) is 18.3. The summed E-state index contributed by atoms with van der Waals surface area (Å²) in [6.45, 7) is 2.27. The zero-order valence-electron chi connectivity index (χ0n) is 11.8. The van der Waals surface area contributed by atoms with Gasteiger partial charge in [0.25, 0.3) is 0 Å². The van der Waals surface area contributed by atoms with E-state index < -0.39 is 18.0 Å². The summed E-state index contributed by atoms with van der Waals surface area (Å²) in [5.41, 5.74) is -0.166. The second-order valence-corrected chi connectivity index (χ2v) is 4.07. The highest BCUT2D eigenvalue weighted by molar-refractivity contribution is 5.84. The Morgan fingerprint density at radius 1 is 1.48 bits per heavy atom. The minimum atomic E-state index is -1.17. The molecule has 0 radical (unpaired) electrons. The van der Waals surface area contributed by atoms with Gasteiger partial charge in [-0.05, 0) is 6.92 Å². The topological polar surface area (TPSA) is 127 Å². The van der Waals surface area contributed by atoms with Crippen LogP contribution in [0.15, 0.2) is 6.20 Å². The average molecular weight is 299 g/mol. The van der Waals surface area contributed by atoms with Gasteiger partial charge >= 0.3 is 18.0 Å². The molecule has 1 aromatic rings. The van der Waals surface area contributed by atoms with Gasteiger partial charge in [-0.25, -0.2) is 14.3 Å². The number of rotatable bonds is 7. The first-order valence-electron chi connectivity index (χ1n) is 6.22. The van der Waals surface area contributed by atoms with Crippen LogP contribution >= 0.6 is 0 Å². The van der Waals surface area contributed by atoms with E-state index in [1.807, 2.05) is 0 Å². The first-order valence-corrected chi connectivity index (χ1v) is 6.22. The maximum Gasteiger partial charge on any atom is 0.358 e. The van der Waals surface area contributed by atoms with Crippen LogP contribution in [0.5, 0.6) is 0 Å². The summed E-state index contributed by atoms with van der Waals surface area (Å²) >= 11 is 0. The number of carbonyl (C=O) groups excluding carboxylic acids is 2. The molecule has 0 aromatic carbocycles. The van der Waals surface area contributed by atoms with Gasteiger partial charge in [0.1, 0.15) is 6.54 Å². The van der Waals surface area contributed by atoms with Crippen molar-refractivity contribution in [2.45, 2.75) is 13.5 Å². The molecule has 0 saturated heterocycles. The fourth-order valence-corrected chi connectivity index (χ4v) is 1.39. The quantitative estimate of drug-likeness (QED) is 0.630. The Bertz CT molecular complexity index is 515. The van der Waals surface area contributed by atoms with Crippen LogP contribution in [0.3, 0.4) is 0 Å². The number of esters is 1. The molecule has 2 N–H and O–H groups in total. The van der Waals surface area contributed by atoms with Crippen LogP contribution in [-0.4, -0.2) is 69.7 Å². The van der Waals surface area contributed by atoms with Crippen LogP contribution in [0.1, 0.15) is 17.4 Å². The van der Waals surface area contributed by atoms with Crippen molar-refractivity contribution in [2.75, 3.05) is 26.7 Å². The molecule has 0 unspecified atom stereocenters. The van der Waals surface area contributed by atoms with Gasteiger partial charge < -0.3 is 20.1 Å². The van der Waals surface area contributed by atoms with Crippen molar-refractivity contribution >= 4 is 18.0 Å². The number of ether oxygens (including phenoxy) is 1. The summed E-state index contributed by atoms with van der Waals surface area (Å²) in [6, 6.07) is -0.443. The number of aromatic nitrogens is 3. The Kier molecular flexibility index (Phi) is 6.11. The number of hydrogen-bond donors (Lipinski definition) is 2. The SMILES string of the molecule is CCOC(=O)CN(C)C(=O)NCCn1cc(C(=O)O)nn1. The molecule has 0 spiro atoms. The Morgan fingerprint density at radius 2 is 2.19 bits per heavy atom. The van der Waals surface area contributed by atoms with E-state index in [1.165, 1.54) is 22.8 Å². The number of carbonyl (C=O) groups is 3. The van der Waals surface area contributed by atoms with Gasteiger partial charge in [-0.2, -0.15) is 0 Å². The molecular formula is C11H17N5O5. The maximum atomic E-state index is 11.7. The van der Waals surface area contributed by atoms with Crippen molar-refractivity contribution in [2.24, 2.45) is 0 Å². The van der Waals surface area contributed by atoms with Crippen molar-refractivity contribution in [1.82, 2.24) is 25.2 Å². The number of carboxylic acids is 1. The van der Waals surface area contributed by atoms with E-state index in [0.29, 0.717) is 0 Å². The summed E-state index contributed by atoms with van der Waals surface area (Å²) in [4.78, 5) is 34.6. The lowest BCUT2D eigenvalue weighted by atomic mass is 10.5. The van der Waals surface area contributed by atoms with Crippen LogP contribution in [0, 0.1) is 0 Å². The highest BCUT2D eigenvalue weighted by Gasteiger charge is 2.13. The minimum absolute atomic E-state index is 0.147. The molecule has 0 atom stereocenters. The predicted octanol–water partition coefficient (Wildman–Crippen LogP) is -0.819. The third kappa shape index (κ3) is 5.47. The standard InChI is InChI=1S/C11H17N5O5/c1-3-21-9(17)7-15(2)11(20)12-4-5-16-6-8(10(18)19)13-14-16/h6H,3-5,7H2,1-2H3,(H,12,20)(H,18,19). The summed E-state index contributed by atoms with van der Waals surface area (Å²) in [7, 11) is 1.46. The van der Waals surface area contributed by atoms with Crippen LogP contribution in [0.25, 0.3) is 0 Å². The predicted molar refractivity (Wildman–Crippen MR) is 69.6 cm³/mol. The molecule has 116 valence electrons. The van der Waals surface area contributed by atoms with Gasteiger partial charge in [0.15, 0.2) is 5.69 Å². The maximum absolute atomic E-state index is 11.7. The number of hydrogen-bond acceptors (Lipinski definition) is 6. The van der Waals surface area contributed by atoms with E-state index in [-0.39, 0.29) is 31.9 Å². The van der Waals surface area contributed by atoms with Crippen LogP contribution < -0.4 is 5.32 Å².